The van der Waals surface area contributed by atoms with Crippen LogP contribution in [0.25, 0.3) is 22.2 Å². The molecule has 3 unspecified atom stereocenters. The molecule has 0 saturated heterocycles. The second-order valence-corrected chi connectivity index (χ2v) is 10.00. The summed E-state index contributed by atoms with van der Waals surface area (Å²) in [6.45, 7) is 0. The van der Waals surface area contributed by atoms with Gasteiger partial charge in [0.15, 0.2) is 0 Å². The maximum Gasteiger partial charge on any atom is 0.431 e. The molecule has 2 aromatic carbocycles. The highest BCUT2D eigenvalue weighted by molar-refractivity contribution is 7.87. The van der Waals surface area contributed by atoms with E-state index in [1.165, 1.54) is 22.2 Å². The number of aromatic amines is 1. The van der Waals surface area contributed by atoms with E-state index in [1.807, 2.05) is 12.1 Å². The number of H-pyrrole nitrogens is 1. The number of nitrogens with one attached hydrogen (secondary N) is 1. The Morgan fingerprint density at radius 2 is 1.56 bits per heavy atom. The molecule has 0 aliphatic heterocycles. The molecular formula is C23H23F4NO3S. The van der Waals surface area contributed by atoms with Crippen LogP contribution in [0, 0.1) is 17.8 Å². The fraction of sp³-hybridized carbons (Fsp3) is 0.391. The second kappa shape index (κ2) is 8.19. The molecule has 2 N–H and O–H groups in total. The third-order valence-corrected chi connectivity index (χ3v) is 7.45. The molecule has 9 heteroatoms. The van der Waals surface area contributed by atoms with E-state index in [-0.39, 0.29) is 12.3 Å². The standard InChI is InChI=1S/C14H11N.C9H12F4O3S/c1-2-6-11(7-3-1)14-10-12-8-4-5-9-13(12)15-14;10-8(11,9(12,13)17(14,15)16)7-4-5-1-2-6(7)3-5/h1-10,15H;5-7H,1-4H2,(H,14,15,16). The maximum atomic E-state index is 13.6. The van der Waals surface area contributed by atoms with Gasteiger partial charge in [0.05, 0.1) is 0 Å². The quantitative estimate of drug-likeness (QED) is 0.344. The van der Waals surface area contributed by atoms with Crippen molar-refractivity contribution in [3.05, 3.63) is 60.7 Å². The minimum atomic E-state index is -6.10. The van der Waals surface area contributed by atoms with Crippen LogP contribution in [0.1, 0.15) is 25.7 Å². The van der Waals surface area contributed by atoms with Gasteiger partial charge in [-0.25, -0.2) is 0 Å². The van der Waals surface area contributed by atoms with Crippen LogP contribution in [0.5, 0.6) is 0 Å². The van der Waals surface area contributed by atoms with Crippen LogP contribution in [0.2, 0.25) is 0 Å². The van der Waals surface area contributed by atoms with Gasteiger partial charge in [0.25, 0.3) is 0 Å². The van der Waals surface area contributed by atoms with Crippen molar-refractivity contribution in [2.45, 2.75) is 36.9 Å². The van der Waals surface area contributed by atoms with Crippen molar-refractivity contribution < 1.29 is 30.5 Å². The van der Waals surface area contributed by atoms with Gasteiger partial charge in [0.1, 0.15) is 0 Å². The zero-order valence-corrected chi connectivity index (χ0v) is 17.8. The highest BCUT2D eigenvalue weighted by Crippen LogP contribution is 2.58. The summed E-state index contributed by atoms with van der Waals surface area (Å²) in [7, 11) is -6.10. The zero-order chi connectivity index (χ0) is 23.1. The van der Waals surface area contributed by atoms with Crippen molar-refractivity contribution in [3.8, 4) is 11.3 Å². The van der Waals surface area contributed by atoms with Crippen LogP contribution in [0.4, 0.5) is 17.6 Å². The molecule has 2 saturated carbocycles. The SMILES string of the molecule is O=S(=O)(O)C(F)(F)C(F)(F)C1CC2CCC1C2.c1ccc(-c2cc3ccccc3[nH]2)cc1. The van der Waals surface area contributed by atoms with Gasteiger partial charge < -0.3 is 4.98 Å². The van der Waals surface area contributed by atoms with E-state index in [0.29, 0.717) is 12.8 Å². The summed E-state index contributed by atoms with van der Waals surface area (Å²) >= 11 is 0. The average molecular weight is 470 g/mol. The Hall–Kier alpha value is -2.39. The molecule has 4 nitrogen and oxygen atoms in total. The van der Waals surface area contributed by atoms with Crippen molar-refractivity contribution in [2.75, 3.05) is 0 Å². The molecule has 172 valence electrons. The number of fused-ring (bicyclic) bond motifs is 3. The lowest BCUT2D eigenvalue weighted by atomic mass is 9.84. The van der Waals surface area contributed by atoms with Gasteiger partial charge in [-0.3, -0.25) is 4.55 Å². The Balaban J connectivity index is 0.000000154. The molecule has 0 radical (unpaired) electrons. The lowest BCUT2D eigenvalue weighted by molar-refractivity contribution is -0.202. The largest absolute Gasteiger partial charge is 0.431 e. The molecule has 3 atom stereocenters. The fourth-order valence-electron chi connectivity index (χ4n) is 4.92. The molecular weight excluding hydrogens is 446 g/mol. The molecule has 2 aliphatic rings. The minimum Gasteiger partial charge on any atom is -0.355 e. The number of rotatable bonds is 4. The van der Waals surface area contributed by atoms with Gasteiger partial charge in [-0.2, -0.15) is 26.0 Å². The van der Waals surface area contributed by atoms with E-state index in [1.54, 1.807) is 0 Å². The Labute approximate surface area is 183 Å². The number of halogens is 4. The summed E-state index contributed by atoms with van der Waals surface area (Å²) in [6.07, 6.45) is 1.51. The topological polar surface area (TPSA) is 70.2 Å². The third kappa shape index (κ3) is 4.03. The van der Waals surface area contributed by atoms with Crippen molar-refractivity contribution in [1.29, 1.82) is 0 Å². The Bertz CT molecular complexity index is 1160. The highest BCUT2D eigenvalue weighted by Gasteiger charge is 2.71. The van der Waals surface area contributed by atoms with Crippen LogP contribution in [0.15, 0.2) is 60.7 Å². The Kier molecular flexibility index (Phi) is 5.83. The number of hydrogen-bond donors (Lipinski definition) is 2. The predicted octanol–water partition coefficient (Wildman–Crippen LogP) is 6.37. The number of alkyl halides is 4. The summed E-state index contributed by atoms with van der Waals surface area (Å²) in [4.78, 5) is 3.41. The van der Waals surface area contributed by atoms with E-state index in [2.05, 4.69) is 53.5 Å². The molecule has 1 aromatic heterocycles. The summed E-state index contributed by atoms with van der Waals surface area (Å²) < 4.78 is 82.4. The van der Waals surface area contributed by atoms with Gasteiger partial charge in [0, 0.05) is 22.5 Å². The van der Waals surface area contributed by atoms with Crippen LogP contribution in [0.3, 0.4) is 0 Å². The van der Waals surface area contributed by atoms with Crippen LogP contribution < -0.4 is 0 Å². The van der Waals surface area contributed by atoms with Crippen molar-refractivity contribution in [3.63, 3.8) is 0 Å². The van der Waals surface area contributed by atoms with Gasteiger partial charge in [-0.15, -0.1) is 0 Å². The third-order valence-electron chi connectivity index (χ3n) is 6.53. The first-order chi connectivity index (χ1) is 15.0. The van der Waals surface area contributed by atoms with Crippen LogP contribution in [-0.4, -0.2) is 29.1 Å². The van der Waals surface area contributed by atoms with Crippen molar-refractivity contribution in [2.24, 2.45) is 17.8 Å². The molecule has 32 heavy (non-hydrogen) atoms. The normalized spacial score (nSPS) is 23.2. The molecule has 2 fully saturated rings. The second-order valence-electron chi connectivity index (χ2n) is 8.53. The first-order valence-corrected chi connectivity index (χ1v) is 11.8. The maximum absolute atomic E-state index is 13.6. The van der Waals surface area contributed by atoms with Crippen molar-refractivity contribution in [1.82, 2.24) is 4.98 Å². The van der Waals surface area contributed by atoms with E-state index in [9.17, 15) is 26.0 Å². The number of para-hydroxylation sites is 1. The molecule has 2 aliphatic carbocycles. The lowest BCUT2D eigenvalue weighted by Crippen LogP contribution is -2.52. The first-order valence-electron chi connectivity index (χ1n) is 10.4. The molecule has 0 spiro atoms. The van der Waals surface area contributed by atoms with E-state index in [4.69, 9.17) is 4.55 Å². The summed E-state index contributed by atoms with van der Waals surface area (Å²) in [6, 6.07) is 20.9. The highest BCUT2D eigenvalue weighted by atomic mass is 32.2. The average Bonchev–Trinajstić information content (AvgIpc) is 3.49. The van der Waals surface area contributed by atoms with E-state index < -0.39 is 33.1 Å². The van der Waals surface area contributed by atoms with Crippen LogP contribution >= 0.6 is 0 Å². The molecule has 3 aromatic rings. The smallest absolute Gasteiger partial charge is 0.355 e. The Morgan fingerprint density at radius 1 is 0.906 bits per heavy atom. The van der Waals surface area contributed by atoms with E-state index >= 15 is 0 Å². The zero-order valence-electron chi connectivity index (χ0n) is 17.0. The molecule has 2 bridgehead atoms. The van der Waals surface area contributed by atoms with E-state index in [0.717, 1.165) is 6.42 Å². The van der Waals surface area contributed by atoms with Gasteiger partial charge >= 0.3 is 21.3 Å². The number of hydrogen-bond acceptors (Lipinski definition) is 2. The minimum absolute atomic E-state index is 0.0203. The number of aromatic nitrogens is 1. The molecule has 1 heterocycles. The Morgan fingerprint density at radius 3 is 2.12 bits per heavy atom. The summed E-state index contributed by atoms with van der Waals surface area (Å²) in [5.74, 6) is -6.95. The van der Waals surface area contributed by atoms with Crippen LogP contribution in [-0.2, 0) is 10.1 Å². The van der Waals surface area contributed by atoms with Gasteiger partial charge in [0.2, 0.25) is 0 Å². The number of benzene rings is 2. The summed E-state index contributed by atoms with van der Waals surface area (Å²) in [5.41, 5.74) is 3.60. The van der Waals surface area contributed by atoms with Gasteiger partial charge in [-0.05, 0) is 48.8 Å². The molecule has 0 amide bonds. The monoisotopic (exact) mass is 469 g/mol. The first kappa shape index (κ1) is 22.8. The summed E-state index contributed by atoms with van der Waals surface area (Å²) in [5, 5.41) is -4.15. The van der Waals surface area contributed by atoms with Crippen molar-refractivity contribution >= 4 is 21.0 Å². The molecule has 5 rings (SSSR count). The predicted molar refractivity (Wildman–Crippen MR) is 114 cm³/mol. The lowest BCUT2D eigenvalue weighted by Gasteiger charge is -2.33. The fourth-order valence-corrected chi connectivity index (χ4v) is 5.42. The van der Waals surface area contributed by atoms with Gasteiger partial charge in [-0.1, -0.05) is 55.0 Å².